The Labute approximate surface area is 125 Å². The monoisotopic (exact) mass is 294 g/mol. The third kappa shape index (κ3) is 3.40. The van der Waals surface area contributed by atoms with Gasteiger partial charge in [0.05, 0.1) is 30.5 Å². The predicted molar refractivity (Wildman–Crippen MR) is 78.2 cm³/mol. The molecule has 1 atom stereocenters. The van der Waals surface area contributed by atoms with E-state index in [1.807, 2.05) is 6.92 Å². The van der Waals surface area contributed by atoms with E-state index in [-0.39, 0.29) is 18.2 Å². The summed E-state index contributed by atoms with van der Waals surface area (Å²) in [6.07, 6.45) is 4.46. The van der Waals surface area contributed by atoms with Gasteiger partial charge in [-0.05, 0) is 51.4 Å². The van der Waals surface area contributed by atoms with Crippen LogP contribution >= 0.6 is 0 Å². The number of likely N-dealkylation sites (tertiary alicyclic amines) is 1. The summed E-state index contributed by atoms with van der Waals surface area (Å²) in [5, 5.41) is 0. The first-order valence-corrected chi connectivity index (χ1v) is 7.65. The molecule has 1 aliphatic rings. The van der Waals surface area contributed by atoms with Crippen LogP contribution in [0.5, 0.6) is 0 Å². The molecule has 0 aliphatic carbocycles. The van der Waals surface area contributed by atoms with Gasteiger partial charge in [-0.3, -0.25) is 14.7 Å². The Morgan fingerprint density at radius 2 is 2.10 bits per heavy atom. The first-order valence-electron chi connectivity index (χ1n) is 7.65. The average molecular weight is 294 g/mol. The van der Waals surface area contributed by atoms with Crippen molar-refractivity contribution in [2.45, 2.75) is 45.1 Å². The Morgan fingerprint density at radius 3 is 2.62 bits per heavy atom. The van der Waals surface area contributed by atoms with Gasteiger partial charge in [-0.25, -0.2) is 4.39 Å². The molecule has 0 saturated carbocycles. The van der Waals surface area contributed by atoms with E-state index >= 15 is 0 Å². The molecule has 2 heterocycles. The van der Waals surface area contributed by atoms with Crippen molar-refractivity contribution in [3.63, 3.8) is 0 Å². The molecule has 2 rings (SSSR count). The summed E-state index contributed by atoms with van der Waals surface area (Å²) < 4.78 is 18.3. The second-order valence-corrected chi connectivity index (χ2v) is 5.42. The van der Waals surface area contributed by atoms with Crippen LogP contribution in [0.4, 0.5) is 4.39 Å². The molecule has 0 aromatic carbocycles. The summed E-state index contributed by atoms with van der Waals surface area (Å²) in [5.74, 6) is -0.585. The normalized spacial score (nSPS) is 18.4. The Kier molecular flexibility index (Phi) is 5.28. The molecule has 1 saturated heterocycles. The zero-order valence-corrected chi connectivity index (χ0v) is 12.8. The molecule has 0 amide bonds. The van der Waals surface area contributed by atoms with E-state index in [0.717, 1.165) is 38.0 Å². The van der Waals surface area contributed by atoms with Crippen molar-refractivity contribution >= 4 is 5.97 Å². The van der Waals surface area contributed by atoms with E-state index in [0.29, 0.717) is 6.61 Å². The zero-order valence-electron chi connectivity index (χ0n) is 12.8. The van der Waals surface area contributed by atoms with Crippen molar-refractivity contribution in [2.24, 2.45) is 0 Å². The standard InChI is InChI=1S/C16H23FN2O2/c1-3-16(11-15(20)21-4-2,19-9-5-6-10-19)14-8-7-13(17)12-18-14/h7-8,12H,3-6,9-11H2,1-2H3. The average Bonchev–Trinajstić information content (AvgIpc) is 3.01. The molecule has 0 N–H and O–H groups in total. The van der Waals surface area contributed by atoms with Gasteiger partial charge in [0.15, 0.2) is 0 Å². The maximum Gasteiger partial charge on any atom is 0.308 e. The van der Waals surface area contributed by atoms with Gasteiger partial charge < -0.3 is 4.74 Å². The Balaban J connectivity index is 2.35. The molecule has 1 aromatic heterocycles. The smallest absolute Gasteiger partial charge is 0.308 e. The summed E-state index contributed by atoms with van der Waals surface area (Å²) in [6.45, 7) is 6.09. The van der Waals surface area contributed by atoms with Crippen molar-refractivity contribution in [3.8, 4) is 0 Å². The molecule has 5 heteroatoms. The second-order valence-electron chi connectivity index (χ2n) is 5.42. The lowest BCUT2D eigenvalue weighted by Gasteiger charge is -2.40. The van der Waals surface area contributed by atoms with Crippen molar-refractivity contribution in [1.29, 1.82) is 0 Å². The van der Waals surface area contributed by atoms with Gasteiger partial charge in [0.25, 0.3) is 0 Å². The summed E-state index contributed by atoms with van der Waals surface area (Å²) in [7, 11) is 0. The van der Waals surface area contributed by atoms with E-state index in [9.17, 15) is 9.18 Å². The van der Waals surface area contributed by atoms with Gasteiger partial charge >= 0.3 is 5.97 Å². The van der Waals surface area contributed by atoms with E-state index in [2.05, 4.69) is 9.88 Å². The molecule has 1 aliphatic heterocycles. The van der Waals surface area contributed by atoms with Crippen LogP contribution in [0.25, 0.3) is 0 Å². The quantitative estimate of drug-likeness (QED) is 0.757. The number of carbonyl (C=O) groups is 1. The number of esters is 1. The Morgan fingerprint density at radius 1 is 1.38 bits per heavy atom. The fourth-order valence-corrected chi connectivity index (χ4v) is 3.14. The van der Waals surface area contributed by atoms with E-state index in [1.165, 1.54) is 12.3 Å². The summed E-state index contributed by atoms with van der Waals surface area (Å²) in [5.41, 5.74) is 0.262. The largest absolute Gasteiger partial charge is 0.466 e. The van der Waals surface area contributed by atoms with Gasteiger partial charge in [0, 0.05) is 0 Å². The summed E-state index contributed by atoms with van der Waals surface area (Å²) in [4.78, 5) is 18.6. The van der Waals surface area contributed by atoms with Crippen LogP contribution < -0.4 is 0 Å². The minimum atomic E-state index is -0.490. The minimum absolute atomic E-state index is 0.225. The molecular weight excluding hydrogens is 271 g/mol. The number of ether oxygens (including phenoxy) is 1. The SMILES string of the molecule is CCOC(=O)CC(CC)(c1ccc(F)cn1)N1CCCC1. The van der Waals surface area contributed by atoms with Crippen molar-refractivity contribution in [1.82, 2.24) is 9.88 Å². The van der Waals surface area contributed by atoms with Crippen molar-refractivity contribution in [3.05, 3.63) is 29.8 Å². The highest BCUT2D eigenvalue weighted by molar-refractivity contribution is 5.71. The van der Waals surface area contributed by atoms with Crippen LogP contribution in [0.3, 0.4) is 0 Å². The highest BCUT2D eigenvalue weighted by Gasteiger charge is 2.41. The lowest BCUT2D eigenvalue weighted by molar-refractivity contribution is -0.147. The molecule has 1 unspecified atom stereocenters. The minimum Gasteiger partial charge on any atom is -0.466 e. The molecular formula is C16H23FN2O2. The fraction of sp³-hybridized carbons (Fsp3) is 0.625. The molecule has 0 bridgehead atoms. The van der Waals surface area contributed by atoms with Gasteiger partial charge in [-0.1, -0.05) is 6.92 Å². The van der Waals surface area contributed by atoms with Gasteiger partial charge in [-0.2, -0.15) is 0 Å². The summed E-state index contributed by atoms with van der Waals surface area (Å²) >= 11 is 0. The molecule has 116 valence electrons. The Bertz CT molecular complexity index is 472. The highest BCUT2D eigenvalue weighted by Crippen LogP contribution is 2.37. The summed E-state index contributed by atoms with van der Waals surface area (Å²) in [6, 6.07) is 3.10. The van der Waals surface area contributed by atoms with E-state index in [4.69, 9.17) is 4.74 Å². The topological polar surface area (TPSA) is 42.4 Å². The number of aromatic nitrogens is 1. The molecule has 0 spiro atoms. The van der Waals surface area contributed by atoms with Crippen LogP contribution in [0.1, 0.15) is 45.2 Å². The van der Waals surface area contributed by atoms with Crippen molar-refractivity contribution < 1.29 is 13.9 Å². The van der Waals surface area contributed by atoms with E-state index < -0.39 is 5.54 Å². The van der Waals surface area contributed by atoms with Crippen LogP contribution in [-0.2, 0) is 15.1 Å². The molecule has 0 radical (unpaired) electrons. The van der Waals surface area contributed by atoms with Gasteiger partial charge in [0.1, 0.15) is 5.82 Å². The molecule has 4 nitrogen and oxygen atoms in total. The zero-order chi connectivity index (χ0) is 15.3. The molecule has 1 aromatic rings. The second kappa shape index (κ2) is 6.98. The maximum absolute atomic E-state index is 13.2. The van der Waals surface area contributed by atoms with E-state index in [1.54, 1.807) is 13.0 Å². The molecule has 1 fully saturated rings. The van der Waals surface area contributed by atoms with Crippen molar-refractivity contribution in [2.75, 3.05) is 19.7 Å². The number of rotatable bonds is 6. The van der Waals surface area contributed by atoms with Gasteiger partial charge in [0.2, 0.25) is 0 Å². The predicted octanol–water partition coefficient (Wildman–Crippen LogP) is 2.88. The lowest BCUT2D eigenvalue weighted by Crippen LogP contribution is -2.46. The number of hydrogen-bond donors (Lipinski definition) is 0. The molecule has 21 heavy (non-hydrogen) atoms. The Hall–Kier alpha value is -1.49. The number of carbonyl (C=O) groups excluding carboxylic acids is 1. The van der Waals surface area contributed by atoms with Crippen LogP contribution in [-0.4, -0.2) is 35.5 Å². The van der Waals surface area contributed by atoms with Crippen LogP contribution in [0.15, 0.2) is 18.3 Å². The fourth-order valence-electron chi connectivity index (χ4n) is 3.14. The lowest BCUT2D eigenvalue weighted by atomic mass is 9.85. The number of halogens is 1. The number of pyridine rings is 1. The first kappa shape index (κ1) is 15.9. The first-order chi connectivity index (χ1) is 10.1. The third-order valence-electron chi connectivity index (χ3n) is 4.24. The van der Waals surface area contributed by atoms with Crippen LogP contribution in [0, 0.1) is 5.82 Å². The van der Waals surface area contributed by atoms with Crippen LogP contribution in [0.2, 0.25) is 0 Å². The number of nitrogens with zero attached hydrogens (tertiary/aromatic N) is 2. The van der Waals surface area contributed by atoms with Gasteiger partial charge in [-0.15, -0.1) is 0 Å². The maximum atomic E-state index is 13.2. The highest BCUT2D eigenvalue weighted by atomic mass is 19.1. The number of hydrogen-bond acceptors (Lipinski definition) is 4. The third-order valence-corrected chi connectivity index (χ3v) is 4.24.